The lowest BCUT2D eigenvalue weighted by molar-refractivity contribution is -0.140. The summed E-state index contributed by atoms with van der Waals surface area (Å²) in [4.78, 5) is 26.4. The zero-order valence-corrected chi connectivity index (χ0v) is 10.6. The molecule has 0 aliphatic heterocycles. The Hall–Kier alpha value is -2.15. The summed E-state index contributed by atoms with van der Waals surface area (Å²) in [7, 11) is 1.37. The molecule has 0 radical (unpaired) electrons. The zero-order chi connectivity index (χ0) is 14.1. The quantitative estimate of drug-likeness (QED) is 0.646. The number of carboxylic acid groups (broad SMARTS) is 1. The highest BCUT2D eigenvalue weighted by molar-refractivity contribution is 5.82. The summed E-state index contributed by atoms with van der Waals surface area (Å²) in [5, 5.41) is 13.7. The first kappa shape index (κ1) is 14.9. The van der Waals surface area contributed by atoms with Gasteiger partial charge in [0.25, 0.3) is 0 Å². The minimum Gasteiger partial charge on any atom is -0.480 e. The van der Waals surface area contributed by atoms with Gasteiger partial charge in [0.15, 0.2) is 6.04 Å². The number of methoxy groups -OCH3 is 1. The number of aliphatic carboxylic acids is 1. The molecule has 7 nitrogen and oxygen atoms in total. The second kappa shape index (κ2) is 8.04. The van der Waals surface area contributed by atoms with Crippen LogP contribution >= 0.6 is 0 Å². The number of carbonyl (C=O) groups is 2. The van der Waals surface area contributed by atoms with Crippen LogP contribution in [-0.2, 0) is 16.0 Å². The lowest BCUT2D eigenvalue weighted by atomic mass is 10.3. The van der Waals surface area contributed by atoms with Crippen LogP contribution in [0.25, 0.3) is 0 Å². The number of nitrogens with zero attached hydrogens (tertiary/aromatic N) is 1. The summed E-state index contributed by atoms with van der Waals surface area (Å²) in [5.74, 6) is -1.14. The smallest absolute Gasteiger partial charge is 0.328 e. The maximum Gasteiger partial charge on any atom is 0.328 e. The number of amides is 2. The van der Waals surface area contributed by atoms with Gasteiger partial charge < -0.3 is 20.5 Å². The Labute approximate surface area is 111 Å². The Bertz CT molecular complexity index is 411. The second-order valence-corrected chi connectivity index (χ2v) is 3.82. The van der Waals surface area contributed by atoms with Crippen LogP contribution in [0.4, 0.5) is 4.79 Å². The van der Waals surface area contributed by atoms with Crippen molar-refractivity contribution < 1.29 is 19.4 Å². The van der Waals surface area contributed by atoms with Crippen LogP contribution < -0.4 is 10.6 Å². The number of ether oxygens (including phenoxy) is 1. The number of carboxylic acids is 1. The SMILES string of the molecule is COCC(NC(=O)NCCc1ccccn1)C(=O)O. The van der Waals surface area contributed by atoms with Crippen LogP contribution in [0.2, 0.25) is 0 Å². The van der Waals surface area contributed by atoms with Gasteiger partial charge >= 0.3 is 12.0 Å². The molecule has 104 valence electrons. The molecule has 0 aromatic carbocycles. The molecule has 1 unspecified atom stereocenters. The molecule has 1 atom stereocenters. The minimum atomic E-state index is -1.14. The Morgan fingerprint density at radius 3 is 2.84 bits per heavy atom. The number of aromatic nitrogens is 1. The number of nitrogens with one attached hydrogen (secondary N) is 2. The number of hydrogen-bond donors (Lipinski definition) is 3. The molecule has 7 heteroatoms. The van der Waals surface area contributed by atoms with Crippen LogP contribution in [0.5, 0.6) is 0 Å². The standard InChI is InChI=1S/C12H17N3O4/c1-19-8-10(11(16)17)15-12(18)14-7-5-9-4-2-3-6-13-9/h2-4,6,10H,5,7-8H2,1H3,(H,16,17)(H2,14,15,18). The van der Waals surface area contributed by atoms with E-state index in [1.807, 2.05) is 18.2 Å². The average Bonchev–Trinajstić information content (AvgIpc) is 2.39. The molecule has 0 saturated carbocycles. The van der Waals surface area contributed by atoms with Gasteiger partial charge in [-0.05, 0) is 12.1 Å². The Morgan fingerprint density at radius 1 is 1.47 bits per heavy atom. The van der Waals surface area contributed by atoms with Crippen molar-refractivity contribution >= 4 is 12.0 Å². The first-order valence-corrected chi connectivity index (χ1v) is 5.79. The van der Waals surface area contributed by atoms with Gasteiger partial charge in [-0.1, -0.05) is 6.07 Å². The maximum atomic E-state index is 11.5. The topological polar surface area (TPSA) is 101 Å². The van der Waals surface area contributed by atoms with E-state index in [9.17, 15) is 9.59 Å². The van der Waals surface area contributed by atoms with Gasteiger partial charge in [-0.3, -0.25) is 4.98 Å². The number of urea groups is 1. The molecule has 0 saturated heterocycles. The molecule has 1 heterocycles. The van der Waals surface area contributed by atoms with Crippen molar-refractivity contribution in [3.05, 3.63) is 30.1 Å². The molecule has 0 spiro atoms. The van der Waals surface area contributed by atoms with Crippen LogP contribution in [0.15, 0.2) is 24.4 Å². The van der Waals surface area contributed by atoms with Crippen molar-refractivity contribution in [2.75, 3.05) is 20.3 Å². The van der Waals surface area contributed by atoms with Crippen molar-refractivity contribution in [3.8, 4) is 0 Å². The molecule has 19 heavy (non-hydrogen) atoms. The fourth-order valence-electron chi connectivity index (χ4n) is 1.40. The zero-order valence-electron chi connectivity index (χ0n) is 10.6. The normalized spacial score (nSPS) is 11.6. The molecule has 0 fully saturated rings. The highest BCUT2D eigenvalue weighted by Gasteiger charge is 2.19. The Morgan fingerprint density at radius 2 is 2.26 bits per heavy atom. The van der Waals surface area contributed by atoms with Crippen LogP contribution in [-0.4, -0.2) is 48.4 Å². The third-order valence-corrected chi connectivity index (χ3v) is 2.33. The molecule has 1 rings (SSSR count). The van der Waals surface area contributed by atoms with Gasteiger partial charge in [-0.15, -0.1) is 0 Å². The lowest BCUT2D eigenvalue weighted by Crippen LogP contribution is -2.48. The van der Waals surface area contributed by atoms with E-state index in [0.717, 1.165) is 5.69 Å². The fraction of sp³-hybridized carbons (Fsp3) is 0.417. The van der Waals surface area contributed by atoms with Crippen LogP contribution in [0.1, 0.15) is 5.69 Å². The van der Waals surface area contributed by atoms with Gasteiger partial charge in [0.1, 0.15) is 0 Å². The van der Waals surface area contributed by atoms with Gasteiger partial charge in [-0.25, -0.2) is 9.59 Å². The first-order valence-electron chi connectivity index (χ1n) is 5.79. The van der Waals surface area contributed by atoms with E-state index in [1.54, 1.807) is 6.20 Å². The number of rotatable bonds is 7. The summed E-state index contributed by atoms with van der Waals surface area (Å²) in [5.41, 5.74) is 0.856. The third kappa shape index (κ3) is 5.82. The third-order valence-electron chi connectivity index (χ3n) is 2.33. The molecular weight excluding hydrogens is 250 g/mol. The summed E-state index contributed by atoms with van der Waals surface area (Å²) >= 11 is 0. The van der Waals surface area contributed by atoms with Gasteiger partial charge in [0, 0.05) is 32.0 Å². The Balaban J connectivity index is 2.29. The first-order chi connectivity index (χ1) is 9.13. The minimum absolute atomic E-state index is 0.0804. The van der Waals surface area contributed by atoms with Crippen molar-refractivity contribution in [1.82, 2.24) is 15.6 Å². The predicted molar refractivity (Wildman–Crippen MR) is 67.8 cm³/mol. The second-order valence-electron chi connectivity index (χ2n) is 3.82. The van der Waals surface area contributed by atoms with E-state index in [1.165, 1.54) is 7.11 Å². The molecule has 3 N–H and O–H groups in total. The Kier molecular flexibility index (Phi) is 6.31. The largest absolute Gasteiger partial charge is 0.480 e. The highest BCUT2D eigenvalue weighted by Crippen LogP contribution is 1.93. The van der Waals surface area contributed by atoms with Gasteiger partial charge in [0.2, 0.25) is 0 Å². The lowest BCUT2D eigenvalue weighted by Gasteiger charge is -2.14. The number of hydrogen-bond acceptors (Lipinski definition) is 4. The number of pyridine rings is 1. The van der Waals surface area contributed by atoms with E-state index in [4.69, 9.17) is 9.84 Å². The van der Waals surface area contributed by atoms with E-state index < -0.39 is 18.0 Å². The molecule has 1 aromatic heterocycles. The van der Waals surface area contributed by atoms with E-state index in [0.29, 0.717) is 13.0 Å². The van der Waals surface area contributed by atoms with Crippen molar-refractivity contribution in [2.45, 2.75) is 12.5 Å². The van der Waals surface area contributed by atoms with Crippen LogP contribution in [0.3, 0.4) is 0 Å². The monoisotopic (exact) mass is 267 g/mol. The summed E-state index contributed by atoms with van der Waals surface area (Å²) in [6, 6.07) is 3.93. The van der Waals surface area contributed by atoms with E-state index in [-0.39, 0.29) is 6.61 Å². The molecule has 2 amide bonds. The van der Waals surface area contributed by atoms with E-state index in [2.05, 4.69) is 15.6 Å². The van der Waals surface area contributed by atoms with Crippen molar-refractivity contribution in [1.29, 1.82) is 0 Å². The fourth-order valence-corrected chi connectivity index (χ4v) is 1.40. The van der Waals surface area contributed by atoms with E-state index >= 15 is 0 Å². The highest BCUT2D eigenvalue weighted by atomic mass is 16.5. The number of carbonyl (C=O) groups excluding carboxylic acids is 1. The van der Waals surface area contributed by atoms with Crippen molar-refractivity contribution in [2.24, 2.45) is 0 Å². The maximum absolute atomic E-state index is 11.5. The van der Waals surface area contributed by atoms with Gasteiger partial charge in [0.05, 0.1) is 6.61 Å². The molecule has 0 aliphatic rings. The molecular formula is C12H17N3O4. The predicted octanol–water partition coefficient (Wildman–Crippen LogP) is 0.0229. The summed E-state index contributed by atoms with van der Waals surface area (Å²) < 4.78 is 4.71. The summed E-state index contributed by atoms with van der Waals surface area (Å²) in [6.07, 6.45) is 2.25. The molecule has 0 aliphatic carbocycles. The molecule has 0 bridgehead atoms. The van der Waals surface area contributed by atoms with Crippen molar-refractivity contribution in [3.63, 3.8) is 0 Å². The van der Waals surface area contributed by atoms with Crippen LogP contribution in [0, 0.1) is 0 Å². The molecule has 1 aromatic rings. The van der Waals surface area contributed by atoms with Gasteiger partial charge in [-0.2, -0.15) is 0 Å². The average molecular weight is 267 g/mol. The summed E-state index contributed by atoms with van der Waals surface area (Å²) in [6.45, 7) is 0.297.